The maximum atomic E-state index is 12.8. The van der Waals surface area contributed by atoms with Gasteiger partial charge in [0, 0.05) is 6.54 Å². The third kappa shape index (κ3) is 4.23. The van der Waals surface area contributed by atoms with Crippen molar-refractivity contribution in [2.45, 2.75) is 56.7 Å². The molecule has 7 heteroatoms. The van der Waals surface area contributed by atoms with Crippen LogP contribution in [-0.4, -0.2) is 48.1 Å². The van der Waals surface area contributed by atoms with Crippen LogP contribution in [-0.2, 0) is 25.7 Å². The first-order valence-corrected chi connectivity index (χ1v) is 9.43. The Labute approximate surface area is 159 Å². The molecule has 1 aliphatic carbocycles. The molecule has 2 aliphatic rings. The Kier molecular flexibility index (Phi) is 5.98. The van der Waals surface area contributed by atoms with Gasteiger partial charge in [-0.1, -0.05) is 43.2 Å². The molecule has 27 heavy (non-hydrogen) atoms. The zero-order valence-corrected chi connectivity index (χ0v) is 15.6. The molecular weight excluding hydrogens is 348 g/mol. The van der Waals surface area contributed by atoms with Crippen LogP contribution in [0.15, 0.2) is 30.3 Å². The highest BCUT2D eigenvalue weighted by Crippen LogP contribution is 2.31. The molecule has 1 atom stereocenters. The topological polar surface area (TPSA) is 84.9 Å². The number of esters is 1. The second-order valence-electron chi connectivity index (χ2n) is 7.16. The molecule has 1 N–H and O–H groups in total. The summed E-state index contributed by atoms with van der Waals surface area (Å²) in [6.07, 6.45) is 3.64. The van der Waals surface area contributed by atoms with Crippen molar-refractivity contribution in [2.24, 2.45) is 0 Å². The van der Waals surface area contributed by atoms with Crippen LogP contribution in [0, 0.1) is 0 Å². The summed E-state index contributed by atoms with van der Waals surface area (Å²) in [7, 11) is 1.33. The van der Waals surface area contributed by atoms with E-state index >= 15 is 0 Å². The van der Waals surface area contributed by atoms with Crippen molar-refractivity contribution in [3.05, 3.63) is 35.9 Å². The van der Waals surface area contributed by atoms with E-state index in [4.69, 9.17) is 9.47 Å². The van der Waals surface area contributed by atoms with Gasteiger partial charge in [-0.3, -0.25) is 9.69 Å². The zero-order chi connectivity index (χ0) is 19.3. The highest BCUT2D eigenvalue weighted by atomic mass is 16.6. The van der Waals surface area contributed by atoms with E-state index in [1.807, 2.05) is 30.3 Å². The second kappa shape index (κ2) is 8.41. The van der Waals surface area contributed by atoms with Crippen LogP contribution in [0.25, 0.3) is 0 Å². The number of amides is 2. The molecule has 1 aromatic rings. The van der Waals surface area contributed by atoms with E-state index in [1.165, 1.54) is 12.0 Å². The molecule has 3 rings (SSSR count). The summed E-state index contributed by atoms with van der Waals surface area (Å²) in [6, 6.07) is 8.79. The molecule has 1 aliphatic heterocycles. The molecule has 0 spiro atoms. The highest BCUT2D eigenvalue weighted by molar-refractivity contribution is 5.92. The Morgan fingerprint density at radius 1 is 1.15 bits per heavy atom. The van der Waals surface area contributed by atoms with E-state index in [1.54, 1.807) is 0 Å². The van der Waals surface area contributed by atoms with Crippen LogP contribution < -0.4 is 5.32 Å². The number of carbonyl (C=O) groups excluding carboxylic acids is 3. The van der Waals surface area contributed by atoms with Crippen molar-refractivity contribution in [3.8, 4) is 0 Å². The predicted octanol–water partition coefficient (Wildman–Crippen LogP) is 2.39. The highest BCUT2D eigenvalue weighted by Gasteiger charge is 2.46. The summed E-state index contributed by atoms with van der Waals surface area (Å²) < 4.78 is 10.3. The number of nitrogens with zero attached hydrogens (tertiary/aromatic N) is 1. The molecule has 2 amide bonds. The number of nitrogens with one attached hydrogen (secondary N) is 1. The normalized spacial score (nSPS) is 20.9. The minimum absolute atomic E-state index is 0.163. The second-order valence-corrected chi connectivity index (χ2v) is 7.16. The SMILES string of the molecule is COC(=O)C1(NC(=O)[C@@H]2CCCN2C(=O)OCc2ccccc2)CCCC1. The lowest BCUT2D eigenvalue weighted by Crippen LogP contribution is -2.58. The molecule has 1 saturated carbocycles. The van der Waals surface area contributed by atoms with Gasteiger partial charge in [-0.15, -0.1) is 0 Å². The van der Waals surface area contributed by atoms with Gasteiger partial charge in [0.25, 0.3) is 0 Å². The van der Waals surface area contributed by atoms with Gasteiger partial charge < -0.3 is 14.8 Å². The fraction of sp³-hybridized carbons (Fsp3) is 0.550. The zero-order valence-electron chi connectivity index (χ0n) is 15.6. The standard InChI is InChI=1S/C20H26N2O5/c1-26-18(24)20(11-5-6-12-20)21-17(23)16-10-7-13-22(16)19(25)27-14-15-8-3-2-4-9-15/h2-4,8-9,16H,5-7,10-14H2,1H3,(H,21,23)/t16-/m0/s1. The average Bonchev–Trinajstić information content (AvgIpc) is 3.36. The Balaban J connectivity index is 1.62. The van der Waals surface area contributed by atoms with Gasteiger partial charge in [0.05, 0.1) is 7.11 Å². The Hall–Kier alpha value is -2.57. The van der Waals surface area contributed by atoms with E-state index < -0.39 is 23.6 Å². The molecule has 1 heterocycles. The van der Waals surface area contributed by atoms with Crippen LogP contribution in [0.3, 0.4) is 0 Å². The summed E-state index contributed by atoms with van der Waals surface area (Å²) in [5, 5.41) is 2.88. The van der Waals surface area contributed by atoms with E-state index in [2.05, 4.69) is 5.32 Å². The first-order valence-electron chi connectivity index (χ1n) is 9.43. The molecule has 1 aromatic carbocycles. The van der Waals surface area contributed by atoms with Gasteiger partial charge in [0.15, 0.2) is 0 Å². The minimum Gasteiger partial charge on any atom is -0.467 e. The van der Waals surface area contributed by atoms with Gasteiger partial charge in [-0.05, 0) is 31.2 Å². The minimum atomic E-state index is -0.964. The van der Waals surface area contributed by atoms with Crippen LogP contribution in [0.5, 0.6) is 0 Å². The van der Waals surface area contributed by atoms with Crippen LogP contribution >= 0.6 is 0 Å². The number of likely N-dealkylation sites (tertiary alicyclic amines) is 1. The molecule has 2 fully saturated rings. The maximum absolute atomic E-state index is 12.8. The molecular formula is C20H26N2O5. The smallest absolute Gasteiger partial charge is 0.410 e. The van der Waals surface area contributed by atoms with Gasteiger partial charge >= 0.3 is 12.1 Å². The number of benzene rings is 1. The Bertz CT molecular complexity index is 685. The van der Waals surface area contributed by atoms with Crippen LogP contribution in [0.2, 0.25) is 0 Å². The molecule has 0 aromatic heterocycles. The quantitative estimate of drug-likeness (QED) is 0.800. The molecule has 1 saturated heterocycles. The Morgan fingerprint density at radius 2 is 1.85 bits per heavy atom. The van der Waals surface area contributed by atoms with E-state index in [9.17, 15) is 14.4 Å². The molecule has 0 radical (unpaired) electrons. The van der Waals surface area contributed by atoms with Crippen molar-refractivity contribution >= 4 is 18.0 Å². The third-order valence-corrected chi connectivity index (χ3v) is 5.39. The molecule has 0 bridgehead atoms. The first-order chi connectivity index (χ1) is 13.1. The third-order valence-electron chi connectivity index (χ3n) is 5.39. The van der Waals surface area contributed by atoms with Gasteiger partial charge in [0.1, 0.15) is 18.2 Å². The summed E-state index contributed by atoms with van der Waals surface area (Å²) in [5.41, 5.74) is -0.0738. The average molecular weight is 374 g/mol. The number of ether oxygens (including phenoxy) is 2. The van der Waals surface area contributed by atoms with Crippen LogP contribution in [0.1, 0.15) is 44.1 Å². The number of hydrogen-bond acceptors (Lipinski definition) is 5. The Morgan fingerprint density at radius 3 is 2.52 bits per heavy atom. The summed E-state index contributed by atoms with van der Waals surface area (Å²) >= 11 is 0. The summed E-state index contributed by atoms with van der Waals surface area (Å²) in [5.74, 6) is -0.721. The van der Waals surface area contributed by atoms with Crippen molar-refractivity contribution in [1.29, 1.82) is 0 Å². The molecule has 0 unspecified atom stereocenters. The van der Waals surface area contributed by atoms with Crippen molar-refractivity contribution in [3.63, 3.8) is 0 Å². The van der Waals surface area contributed by atoms with Crippen molar-refractivity contribution in [2.75, 3.05) is 13.7 Å². The lowest BCUT2D eigenvalue weighted by Gasteiger charge is -2.30. The fourth-order valence-corrected chi connectivity index (χ4v) is 3.93. The van der Waals surface area contributed by atoms with Gasteiger partial charge in [0.2, 0.25) is 5.91 Å². The lowest BCUT2D eigenvalue weighted by molar-refractivity contribution is -0.151. The number of carbonyl (C=O) groups is 3. The first kappa shape index (κ1) is 19.2. The van der Waals surface area contributed by atoms with E-state index in [-0.39, 0.29) is 12.5 Å². The fourth-order valence-electron chi connectivity index (χ4n) is 3.93. The van der Waals surface area contributed by atoms with Crippen molar-refractivity contribution in [1.82, 2.24) is 10.2 Å². The summed E-state index contributed by atoms with van der Waals surface area (Å²) in [4.78, 5) is 39.0. The van der Waals surface area contributed by atoms with Crippen LogP contribution in [0.4, 0.5) is 4.79 Å². The van der Waals surface area contributed by atoms with E-state index in [0.717, 1.165) is 24.8 Å². The lowest BCUT2D eigenvalue weighted by atomic mass is 9.97. The molecule has 146 valence electrons. The number of rotatable bonds is 5. The van der Waals surface area contributed by atoms with Gasteiger partial charge in [-0.2, -0.15) is 0 Å². The predicted molar refractivity (Wildman–Crippen MR) is 97.7 cm³/mol. The molecule has 7 nitrogen and oxygen atoms in total. The monoisotopic (exact) mass is 374 g/mol. The summed E-state index contributed by atoms with van der Waals surface area (Å²) in [6.45, 7) is 0.632. The van der Waals surface area contributed by atoms with Gasteiger partial charge in [-0.25, -0.2) is 9.59 Å². The largest absolute Gasteiger partial charge is 0.467 e. The number of methoxy groups -OCH3 is 1. The van der Waals surface area contributed by atoms with Crippen molar-refractivity contribution < 1.29 is 23.9 Å². The number of hydrogen-bond donors (Lipinski definition) is 1. The maximum Gasteiger partial charge on any atom is 0.410 e. The van der Waals surface area contributed by atoms with E-state index in [0.29, 0.717) is 25.8 Å².